The van der Waals surface area contributed by atoms with Gasteiger partial charge in [-0.25, -0.2) is 0 Å². The maximum Gasteiger partial charge on any atom is 0.166 e. The van der Waals surface area contributed by atoms with E-state index < -0.39 is 0 Å². The molecule has 104 valence electrons. The first kappa shape index (κ1) is 15.7. The SMILES string of the molecule is O=C(CCc1ccc(Cl)c(Cl)c1)c1c(Cl)cccc1Cl. The number of benzene rings is 2. The van der Waals surface area contributed by atoms with Crippen LogP contribution in [0.4, 0.5) is 0 Å². The van der Waals surface area contributed by atoms with Gasteiger partial charge in [-0.2, -0.15) is 0 Å². The smallest absolute Gasteiger partial charge is 0.166 e. The Morgan fingerprint density at radius 1 is 0.850 bits per heavy atom. The number of carbonyl (C=O) groups excluding carboxylic acids is 1. The van der Waals surface area contributed by atoms with Crippen molar-refractivity contribution in [1.82, 2.24) is 0 Å². The molecular weight excluding hydrogens is 338 g/mol. The summed E-state index contributed by atoms with van der Waals surface area (Å²) in [7, 11) is 0. The molecule has 0 spiro atoms. The summed E-state index contributed by atoms with van der Waals surface area (Å²) in [6.45, 7) is 0. The van der Waals surface area contributed by atoms with Gasteiger partial charge in [0.05, 0.1) is 25.7 Å². The average Bonchev–Trinajstić information content (AvgIpc) is 2.40. The molecule has 5 heteroatoms. The minimum Gasteiger partial charge on any atom is -0.294 e. The minimum atomic E-state index is -0.0910. The van der Waals surface area contributed by atoms with Crippen molar-refractivity contribution in [2.45, 2.75) is 12.8 Å². The number of ketones is 1. The highest BCUT2D eigenvalue weighted by Crippen LogP contribution is 2.27. The van der Waals surface area contributed by atoms with Gasteiger partial charge in [0.25, 0.3) is 0 Å². The first-order valence-corrected chi connectivity index (χ1v) is 7.41. The maximum atomic E-state index is 12.2. The molecule has 0 atom stereocenters. The fraction of sp³-hybridized carbons (Fsp3) is 0.133. The molecule has 1 nitrogen and oxygen atoms in total. The second-order valence-corrected chi connectivity index (χ2v) is 5.90. The zero-order valence-corrected chi connectivity index (χ0v) is 13.3. The molecular formula is C15H10Cl4O. The van der Waals surface area contributed by atoms with Gasteiger partial charge in [0, 0.05) is 6.42 Å². The van der Waals surface area contributed by atoms with Crippen LogP contribution in [0.5, 0.6) is 0 Å². The predicted octanol–water partition coefficient (Wildman–Crippen LogP) is 6.12. The molecule has 0 bridgehead atoms. The monoisotopic (exact) mass is 346 g/mol. The summed E-state index contributed by atoms with van der Waals surface area (Å²) in [5.74, 6) is -0.0910. The second kappa shape index (κ2) is 6.82. The van der Waals surface area contributed by atoms with E-state index in [4.69, 9.17) is 46.4 Å². The summed E-state index contributed by atoms with van der Waals surface area (Å²) in [6.07, 6.45) is 0.860. The Hall–Kier alpha value is -0.730. The van der Waals surface area contributed by atoms with Crippen molar-refractivity contribution in [1.29, 1.82) is 0 Å². The van der Waals surface area contributed by atoms with Gasteiger partial charge in [-0.05, 0) is 36.2 Å². The number of aryl methyl sites for hydroxylation is 1. The highest BCUT2D eigenvalue weighted by atomic mass is 35.5. The van der Waals surface area contributed by atoms with E-state index in [9.17, 15) is 4.79 Å². The Labute approximate surface area is 137 Å². The number of hydrogen-bond acceptors (Lipinski definition) is 1. The van der Waals surface area contributed by atoms with Crippen LogP contribution in [0.15, 0.2) is 36.4 Å². The van der Waals surface area contributed by atoms with Crippen LogP contribution in [-0.4, -0.2) is 5.78 Å². The van der Waals surface area contributed by atoms with Crippen LogP contribution in [0.3, 0.4) is 0 Å². The molecule has 0 aliphatic rings. The molecule has 0 N–H and O–H groups in total. The van der Waals surface area contributed by atoms with Crippen LogP contribution in [0.2, 0.25) is 20.1 Å². The average molecular weight is 348 g/mol. The lowest BCUT2D eigenvalue weighted by atomic mass is 10.0. The summed E-state index contributed by atoms with van der Waals surface area (Å²) in [5.41, 5.74) is 1.31. The van der Waals surface area contributed by atoms with Crippen molar-refractivity contribution in [2.75, 3.05) is 0 Å². The Balaban J connectivity index is 2.11. The van der Waals surface area contributed by atoms with Crippen LogP contribution < -0.4 is 0 Å². The van der Waals surface area contributed by atoms with E-state index in [-0.39, 0.29) is 5.78 Å². The zero-order valence-electron chi connectivity index (χ0n) is 10.3. The molecule has 0 aromatic heterocycles. The molecule has 2 rings (SSSR count). The predicted molar refractivity (Wildman–Crippen MR) is 85.6 cm³/mol. The number of halogens is 4. The molecule has 0 saturated heterocycles. The molecule has 2 aromatic rings. The third kappa shape index (κ3) is 3.67. The summed E-state index contributed by atoms with van der Waals surface area (Å²) >= 11 is 23.8. The molecule has 0 radical (unpaired) electrons. The van der Waals surface area contributed by atoms with Crippen molar-refractivity contribution in [3.8, 4) is 0 Å². The fourth-order valence-electron chi connectivity index (χ4n) is 1.84. The molecule has 0 saturated carbocycles. The van der Waals surface area contributed by atoms with Crippen molar-refractivity contribution in [2.24, 2.45) is 0 Å². The van der Waals surface area contributed by atoms with Crippen molar-refractivity contribution in [3.63, 3.8) is 0 Å². The maximum absolute atomic E-state index is 12.2. The number of hydrogen-bond donors (Lipinski definition) is 0. The third-order valence-corrected chi connectivity index (χ3v) is 4.24. The highest BCUT2D eigenvalue weighted by Gasteiger charge is 2.14. The van der Waals surface area contributed by atoms with Crippen molar-refractivity contribution >= 4 is 52.2 Å². The van der Waals surface area contributed by atoms with Gasteiger partial charge in [0.1, 0.15) is 0 Å². The van der Waals surface area contributed by atoms with E-state index in [1.165, 1.54) is 0 Å². The van der Waals surface area contributed by atoms with E-state index in [0.29, 0.717) is 38.5 Å². The Bertz CT molecular complexity index is 632. The number of carbonyl (C=O) groups is 1. The largest absolute Gasteiger partial charge is 0.294 e. The van der Waals surface area contributed by atoms with Crippen molar-refractivity contribution in [3.05, 3.63) is 67.6 Å². The molecule has 0 aliphatic heterocycles. The van der Waals surface area contributed by atoms with E-state index in [1.54, 1.807) is 30.3 Å². The lowest BCUT2D eigenvalue weighted by Gasteiger charge is -2.06. The Morgan fingerprint density at radius 2 is 1.50 bits per heavy atom. The lowest BCUT2D eigenvalue weighted by molar-refractivity contribution is 0.0983. The standard InChI is InChI=1S/C15H10Cl4O/c16-10-6-4-9(8-13(10)19)5-7-14(20)15-11(17)2-1-3-12(15)18/h1-4,6,8H,5,7H2. The van der Waals surface area contributed by atoms with Gasteiger partial charge in [0.2, 0.25) is 0 Å². The van der Waals surface area contributed by atoms with Gasteiger partial charge < -0.3 is 0 Å². The Morgan fingerprint density at radius 3 is 2.10 bits per heavy atom. The molecule has 0 amide bonds. The number of Topliss-reactive ketones (excluding diaryl/α,β-unsaturated/α-hetero) is 1. The third-order valence-electron chi connectivity index (χ3n) is 2.87. The second-order valence-electron chi connectivity index (χ2n) is 4.27. The normalized spacial score (nSPS) is 10.6. The fourth-order valence-corrected chi connectivity index (χ4v) is 2.77. The molecule has 0 unspecified atom stereocenters. The van der Waals surface area contributed by atoms with E-state index in [1.807, 2.05) is 6.07 Å². The van der Waals surface area contributed by atoms with Crippen LogP contribution >= 0.6 is 46.4 Å². The minimum absolute atomic E-state index is 0.0910. The topological polar surface area (TPSA) is 17.1 Å². The van der Waals surface area contributed by atoms with Gasteiger partial charge in [-0.1, -0.05) is 58.5 Å². The molecule has 2 aromatic carbocycles. The Kier molecular flexibility index (Phi) is 5.34. The summed E-state index contributed by atoms with van der Waals surface area (Å²) < 4.78 is 0. The summed E-state index contributed by atoms with van der Waals surface area (Å²) in [6, 6.07) is 10.3. The van der Waals surface area contributed by atoms with Crippen LogP contribution in [0.1, 0.15) is 22.3 Å². The summed E-state index contributed by atoms with van der Waals surface area (Å²) in [4.78, 5) is 12.2. The van der Waals surface area contributed by atoms with Gasteiger partial charge in [-0.15, -0.1) is 0 Å². The zero-order chi connectivity index (χ0) is 14.7. The molecule has 0 heterocycles. The van der Waals surface area contributed by atoms with E-state index in [2.05, 4.69) is 0 Å². The van der Waals surface area contributed by atoms with Crippen LogP contribution in [0, 0.1) is 0 Å². The first-order chi connectivity index (χ1) is 9.49. The van der Waals surface area contributed by atoms with Crippen LogP contribution in [-0.2, 0) is 6.42 Å². The van der Waals surface area contributed by atoms with E-state index >= 15 is 0 Å². The summed E-state index contributed by atoms with van der Waals surface area (Å²) in [5, 5.41) is 1.72. The van der Waals surface area contributed by atoms with E-state index in [0.717, 1.165) is 5.56 Å². The van der Waals surface area contributed by atoms with Gasteiger partial charge >= 0.3 is 0 Å². The number of rotatable bonds is 4. The van der Waals surface area contributed by atoms with Gasteiger partial charge in [-0.3, -0.25) is 4.79 Å². The van der Waals surface area contributed by atoms with Gasteiger partial charge in [0.15, 0.2) is 5.78 Å². The molecule has 20 heavy (non-hydrogen) atoms. The molecule has 0 aliphatic carbocycles. The van der Waals surface area contributed by atoms with Crippen molar-refractivity contribution < 1.29 is 4.79 Å². The highest BCUT2D eigenvalue weighted by molar-refractivity contribution is 6.42. The first-order valence-electron chi connectivity index (χ1n) is 5.90. The molecule has 0 fully saturated rings. The van der Waals surface area contributed by atoms with Crippen LogP contribution in [0.25, 0.3) is 0 Å². The quantitative estimate of drug-likeness (QED) is 0.609. The lowest BCUT2D eigenvalue weighted by Crippen LogP contribution is -2.03.